The van der Waals surface area contributed by atoms with Gasteiger partial charge in [-0.25, -0.2) is 8.42 Å². The molecular formula is C18H15BrCl3F3N2O2S. The van der Waals surface area contributed by atoms with Gasteiger partial charge in [-0.15, -0.1) is 0 Å². The highest BCUT2D eigenvalue weighted by molar-refractivity contribution is 9.10. The second kappa shape index (κ2) is 8.33. The van der Waals surface area contributed by atoms with Crippen molar-refractivity contribution in [1.82, 2.24) is 0 Å². The molecule has 1 aliphatic rings. The van der Waals surface area contributed by atoms with Gasteiger partial charge in [0.2, 0.25) is 0 Å². The molecule has 164 valence electrons. The average molecular weight is 567 g/mol. The number of hydrogen-bond acceptors (Lipinski definition) is 4. The van der Waals surface area contributed by atoms with Gasteiger partial charge in [-0.05, 0) is 41.8 Å². The first-order valence-corrected chi connectivity index (χ1v) is 11.9. The van der Waals surface area contributed by atoms with Crippen LogP contribution >= 0.6 is 50.7 Å². The number of nitrogens with two attached hydrogens (primary N) is 1. The number of anilines is 1. The zero-order valence-electron chi connectivity index (χ0n) is 15.1. The maximum Gasteiger partial charge on any atom is 0.498 e. The summed E-state index contributed by atoms with van der Waals surface area (Å²) in [6, 6.07) is 7.38. The Morgan fingerprint density at radius 2 is 1.73 bits per heavy atom. The molecule has 1 fully saturated rings. The standard InChI is InChI=1S/C18H15BrCl3F3N2O2S/c19-13-7-12(2-1-10(13)8-26)27-4-3-17(9-27,30(28,29)18(23,24)25)11-5-14(20)16(22)15(21)6-11/h1-2,5-7H,3-4,8-9,26H2. The Hall–Kier alpha value is -0.710. The number of sulfone groups is 1. The molecule has 0 amide bonds. The van der Waals surface area contributed by atoms with E-state index in [9.17, 15) is 21.6 Å². The van der Waals surface area contributed by atoms with Crippen LogP contribution in [0.5, 0.6) is 0 Å². The van der Waals surface area contributed by atoms with Crippen molar-refractivity contribution >= 4 is 66.3 Å². The van der Waals surface area contributed by atoms with Crippen molar-refractivity contribution in [2.75, 3.05) is 18.0 Å². The van der Waals surface area contributed by atoms with E-state index in [-0.39, 0.29) is 40.1 Å². The van der Waals surface area contributed by atoms with Crippen LogP contribution in [0, 0.1) is 0 Å². The topological polar surface area (TPSA) is 63.4 Å². The molecular weight excluding hydrogens is 552 g/mol. The number of halogens is 7. The second-order valence-electron chi connectivity index (χ2n) is 6.85. The first-order valence-electron chi connectivity index (χ1n) is 8.53. The lowest BCUT2D eigenvalue weighted by atomic mass is 9.97. The molecule has 0 aromatic heterocycles. The molecule has 0 saturated carbocycles. The smallest absolute Gasteiger partial charge is 0.369 e. The predicted molar refractivity (Wildman–Crippen MR) is 117 cm³/mol. The van der Waals surface area contributed by atoms with Crippen molar-refractivity contribution in [3.63, 3.8) is 0 Å². The summed E-state index contributed by atoms with van der Waals surface area (Å²) >= 11 is 21.3. The predicted octanol–water partition coefficient (Wildman–Crippen LogP) is 5.91. The van der Waals surface area contributed by atoms with E-state index in [1.54, 1.807) is 23.1 Å². The van der Waals surface area contributed by atoms with Gasteiger partial charge in [0, 0.05) is 29.8 Å². The van der Waals surface area contributed by atoms with E-state index in [2.05, 4.69) is 15.9 Å². The van der Waals surface area contributed by atoms with Crippen LogP contribution in [0.3, 0.4) is 0 Å². The van der Waals surface area contributed by atoms with E-state index in [1.807, 2.05) is 0 Å². The minimum atomic E-state index is -5.63. The van der Waals surface area contributed by atoms with E-state index >= 15 is 0 Å². The van der Waals surface area contributed by atoms with Gasteiger partial charge in [-0.2, -0.15) is 13.2 Å². The van der Waals surface area contributed by atoms with E-state index < -0.39 is 26.6 Å². The lowest BCUT2D eigenvalue weighted by molar-refractivity contribution is -0.0458. The van der Waals surface area contributed by atoms with E-state index in [1.165, 1.54) is 0 Å². The van der Waals surface area contributed by atoms with Crippen LogP contribution in [0.25, 0.3) is 0 Å². The molecule has 1 unspecified atom stereocenters. The summed E-state index contributed by atoms with van der Waals surface area (Å²) < 4.78 is 64.9. The Morgan fingerprint density at radius 3 is 2.23 bits per heavy atom. The van der Waals surface area contributed by atoms with Gasteiger partial charge < -0.3 is 10.6 Å². The highest BCUT2D eigenvalue weighted by Gasteiger charge is 2.62. The summed E-state index contributed by atoms with van der Waals surface area (Å²) in [6.07, 6.45) is -0.306. The van der Waals surface area contributed by atoms with Crippen molar-refractivity contribution in [2.24, 2.45) is 5.73 Å². The minimum absolute atomic E-state index is 0.0576. The molecule has 1 atom stereocenters. The molecule has 0 radical (unpaired) electrons. The molecule has 2 N–H and O–H groups in total. The lowest BCUT2D eigenvalue weighted by Gasteiger charge is -2.31. The van der Waals surface area contributed by atoms with Crippen LogP contribution in [0.1, 0.15) is 17.5 Å². The molecule has 0 spiro atoms. The third-order valence-electron chi connectivity index (χ3n) is 5.18. The van der Waals surface area contributed by atoms with Crippen LogP contribution in [0.15, 0.2) is 34.8 Å². The van der Waals surface area contributed by atoms with Gasteiger partial charge >= 0.3 is 5.51 Å². The monoisotopic (exact) mass is 564 g/mol. The Labute approximate surface area is 195 Å². The van der Waals surface area contributed by atoms with Gasteiger partial charge in [0.25, 0.3) is 9.84 Å². The van der Waals surface area contributed by atoms with Crippen LogP contribution in [0.2, 0.25) is 15.1 Å². The third kappa shape index (κ3) is 3.93. The van der Waals surface area contributed by atoms with Crippen LogP contribution in [-0.2, 0) is 21.1 Å². The largest absolute Gasteiger partial charge is 0.498 e. The van der Waals surface area contributed by atoms with Gasteiger partial charge in [0.15, 0.2) is 0 Å². The van der Waals surface area contributed by atoms with Crippen molar-refractivity contribution in [1.29, 1.82) is 0 Å². The number of hydrogen-bond donors (Lipinski definition) is 1. The summed E-state index contributed by atoms with van der Waals surface area (Å²) in [5.74, 6) is 0. The Balaban J connectivity index is 2.15. The highest BCUT2D eigenvalue weighted by Crippen LogP contribution is 2.49. The maximum absolute atomic E-state index is 13.7. The van der Waals surface area contributed by atoms with Crippen molar-refractivity contribution < 1.29 is 21.6 Å². The molecule has 1 aliphatic heterocycles. The molecule has 3 rings (SSSR count). The quantitative estimate of drug-likeness (QED) is 0.468. The Kier molecular flexibility index (Phi) is 6.65. The normalized spacial score (nSPS) is 20.1. The molecule has 0 aliphatic carbocycles. The third-order valence-corrected chi connectivity index (χ3v) is 9.32. The summed E-state index contributed by atoms with van der Waals surface area (Å²) in [5, 5.41) is -0.299. The van der Waals surface area contributed by atoms with E-state index in [4.69, 9.17) is 40.5 Å². The number of rotatable bonds is 4. The van der Waals surface area contributed by atoms with Gasteiger partial charge in [0.05, 0.1) is 15.1 Å². The summed E-state index contributed by atoms with van der Waals surface area (Å²) in [5.41, 5.74) is 1.38. The van der Waals surface area contributed by atoms with E-state index in [0.717, 1.165) is 17.7 Å². The fourth-order valence-electron chi connectivity index (χ4n) is 3.55. The summed E-state index contributed by atoms with van der Waals surface area (Å²) in [6.45, 7) is -0.0891. The summed E-state index contributed by atoms with van der Waals surface area (Å²) in [4.78, 5) is 1.57. The molecule has 4 nitrogen and oxygen atoms in total. The fraction of sp³-hybridized carbons (Fsp3) is 0.333. The highest BCUT2D eigenvalue weighted by atomic mass is 79.9. The van der Waals surface area contributed by atoms with E-state index in [0.29, 0.717) is 10.2 Å². The average Bonchev–Trinajstić information content (AvgIpc) is 3.12. The van der Waals surface area contributed by atoms with Crippen molar-refractivity contribution in [3.8, 4) is 0 Å². The first kappa shape index (κ1) is 23.9. The van der Waals surface area contributed by atoms with Gasteiger partial charge in [-0.3, -0.25) is 0 Å². The van der Waals surface area contributed by atoms with Crippen molar-refractivity contribution in [2.45, 2.75) is 23.2 Å². The van der Waals surface area contributed by atoms with Gasteiger partial charge in [0.1, 0.15) is 4.75 Å². The molecule has 1 saturated heterocycles. The van der Waals surface area contributed by atoms with Crippen molar-refractivity contribution in [3.05, 3.63) is 61.0 Å². The number of nitrogens with zero attached hydrogens (tertiary/aromatic N) is 1. The second-order valence-corrected chi connectivity index (χ2v) is 11.1. The molecule has 0 bridgehead atoms. The summed E-state index contributed by atoms with van der Waals surface area (Å²) in [7, 11) is -5.63. The molecule has 30 heavy (non-hydrogen) atoms. The maximum atomic E-state index is 13.7. The Morgan fingerprint density at radius 1 is 1.13 bits per heavy atom. The Bertz CT molecular complexity index is 1080. The molecule has 2 aromatic carbocycles. The number of benzene rings is 2. The van der Waals surface area contributed by atoms with Crippen LogP contribution in [-0.4, -0.2) is 27.0 Å². The lowest BCUT2D eigenvalue weighted by Crippen LogP contribution is -2.46. The number of alkyl halides is 3. The van der Waals surface area contributed by atoms with Gasteiger partial charge in [-0.1, -0.05) is 56.8 Å². The SMILES string of the molecule is NCc1ccc(N2CCC(c3cc(Cl)c(Cl)c(Cl)c3)(S(=O)(=O)C(F)(F)F)C2)cc1Br. The molecule has 1 heterocycles. The fourth-order valence-corrected chi connectivity index (χ4v) is 6.23. The first-order chi connectivity index (χ1) is 13.8. The molecule has 12 heteroatoms. The zero-order valence-corrected chi connectivity index (χ0v) is 19.8. The van der Waals surface area contributed by atoms with Crippen LogP contribution < -0.4 is 10.6 Å². The zero-order chi connectivity index (χ0) is 22.5. The van der Waals surface area contributed by atoms with Crippen LogP contribution in [0.4, 0.5) is 18.9 Å². The molecule has 2 aromatic rings. The minimum Gasteiger partial charge on any atom is -0.369 e.